The van der Waals surface area contributed by atoms with E-state index in [4.69, 9.17) is 0 Å². The zero-order valence-corrected chi connectivity index (χ0v) is 12.6. The van der Waals surface area contributed by atoms with Crippen molar-refractivity contribution >= 4 is 16.7 Å². The summed E-state index contributed by atoms with van der Waals surface area (Å²) >= 11 is 0. The summed E-state index contributed by atoms with van der Waals surface area (Å²) in [6, 6.07) is 14.7. The average molecular weight is 331 g/mol. The van der Waals surface area contributed by atoms with Crippen molar-refractivity contribution in [2.45, 2.75) is 6.18 Å². The summed E-state index contributed by atoms with van der Waals surface area (Å²) in [5, 5.41) is 0.239. The zero-order chi connectivity index (χ0) is 17.3. The highest BCUT2D eigenvalue weighted by Gasteiger charge is 2.37. The Hall–Kier alpha value is -2.89. The Morgan fingerprint density at radius 1 is 0.958 bits per heavy atom. The van der Waals surface area contributed by atoms with E-state index in [1.165, 1.54) is 12.1 Å². The van der Waals surface area contributed by atoms with E-state index in [1.807, 2.05) is 0 Å². The standard InChI is InChI=1S/C18H12F3NO2/c1-24-17(23)15-14(11-7-3-2-4-8-11)12-9-5-6-10-13(12)16(22-15)18(19,20)21/h2-10H,1H3. The molecule has 0 bridgehead atoms. The first-order valence-electron chi connectivity index (χ1n) is 7.07. The first-order chi connectivity index (χ1) is 11.4. The Morgan fingerprint density at radius 3 is 2.12 bits per heavy atom. The van der Waals surface area contributed by atoms with E-state index in [2.05, 4.69) is 9.72 Å². The minimum absolute atomic E-state index is 0.0588. The molecular formula is C18H12F3NO2. The maximum atomic E-state index is 13.4. The maximum absolute atomic E-state index is 13.4. The highest BCUT2D eigenvalue weighted by Crippen LogP contribution is 2.39. The van der Waals surface area contributed by atoms with Gasteiger partial charge in [0.15, 0.2) is 11.4 Å². The summed E-state index contributed by atoms with van der Waals surface area (Å²) < 4.78 is 44.8. The summed E-state index contributed by atoms with van der Waals surface area (Å²) in [5.41, 5.74) is -0.533. The van der Waals surface area contributed by atoms with Crippen LogP contribution in [-0.4, -0.2) is 18.1 Å². The topological polar surface area (TPSA) is 39.2 Å². The van der Waals surface area contributed by atoms with Crippen molar-refractivity contribution < 1.29 is 22.7 Å². The van der Waals surface area contributed by atoms with Crippen LogP contribution in [0.2, 0.25) is 0 Å². The molecule has 0 unspecified atom stereocenters. The van der Waals surface area contributed by atoms with Gasteiger partial charge >= 0.3 is 12.1 Å². The number of benzene rings is 2. The molecule has 0 saturated heterocycles. The van der Waals surface area contributed by atoms with Crippen LogP contribution in [0.15, 0.2) is 54.6 Å². The number of alkyl halides is 3. The fourth-order valence-corrected chi connectivity index (χ4v) is 2.62. The number of carbonyl (C=O) groups is 1. The first-order valence-corrected chi connectivity index (χ1v) is 7.07. The van der Waals surface area contributed by atoms with E-state index in [0.717, 1.165) is 7.11 Å². The van der Waals surface area contributed by atoms with Crippen LogP contribution in [-0.2, 0) is 10.9 Å². The average Bonchev–Trinajstić information content (AvgIpc) is 2.59. The molecule has 0 spiro atoms. The number of nitrogens with zero attached hydrogens (tertiary/aromatic N) is 1. The largest absolute Gasteiger partial charge is 0.464 e. The molecule has 0 radical (unpaired) electrons. The van der Waals surface area contributed by atoms with Crippen LogP contribution < -0.4 is 0 Å². The third-order valence-electron chi connectivity index (χ3n) is 3.62. The number of fused-ring (bicyclic) bond motifs is 1. The minimum Gasteiger partial charge on any atom is -0.464 e. The molecule has 0 aliphatic heterocycles. The van der Waals surface area contributed by atoms with Gasteiger partial charge in [0.2, 0.25) is 0 Å². The number of esters is 1. The normalized spacial score (nSPS) is 11.5. The van der Waals surface area contributed by atoms with Crippen molar-refractivity contribution in [3.63, 3.8) is 0 Å². The third-order valence-corrected chi connectivity index (χ3v) is 3.62. The predicted molar refractivity (Wildman–Crippen MR) is 83.5 cm³/mol. The van der Waals surface area contributed by atoms with Gasteiger partial charge in [0.25, 0.3) is 0 Å². The van der Waals surface area contributed by atoms with Crippen molar-refractivity contribution in [3.8, 4) is 11.1 Å². The molecule has 1 heterocycles. The van der Waals surface area contributed by atoms with Gasteiger partial charge in [-0.1, -0.05) is 54.6 Å². The van der Waals surface area contributed by atoms with Crippen LogP contribution in [0.3, 0.4) is 0 Å². The SMILES string of the molecule is COC(=O)c1nc(C(F)(F)F)c2ccccc2c1-c1ccccc1. The number of hydrogen-bond donors (Lipinski definition) is 0. The molecule has 1 aromatic heterocycles. The highest BCUT2D eigenvalue weighted by atomic mass is 19.4. The number of carbonyl (C=O) groups excluding carboxylic acids is 1. The van der Waals surface area contributed by atoms with E-state index in [0.29, 0.717) is 16.5 Å². The molecular weight excluding hydrogens is 319 g/mol. The van der Waals surface area contributed by atoms with E-state index in [-0.39, 0.29) is 11.1 Å². The Labute approximate surface area is 135 Å². The van der Waals surface area contributed by atoms with Gasteiger partial charge in [0.05, 0.1) is 7.11 Å². The molecule has 3 rings (SSSR count). The molecule has 0 atom stereocenters. The fraction of sp³-hybridized carbons (Fsp3) is 0.111. The van der Waals surface area contributed by atoms with Gasteiger partial charge in [-0.25, -0.2) is 9.78 Å². The van der Waals surface area contributed by atoms with Crippen LogP contribution >= 0.6 is 0 Å². The smallest absolute Gasteiger partial charge is 0.433 e. The van der Waals surface area contributed by atoms with Gasteiger partial charge in [0, 0.05) is 10.9 Å². The molecule has 6 heteroatoms. The summed E-state index contributed by atoms with van der Waals surface area (Å²) in [6.07, 6.45) is -4.68. The van der Waals surface area contributed by atoms with Crippen LogP contribution in [0.1, 0.15) is 16.2 Å². The molecule has 0 aliphatic carbocycles. The molecule has 122 valence electrons. The fourth-order valence-electron chi connectivity index (χ4n) is 2.62. The zero-order valence-electron chi connectivity index (χ0n) is 12.6. The third kappa shape index (κ3) is 2.71. The number of ether oxygens (including phenoxy) is 1. The van der Waals surface area contributed by atoms with Gasteiger partial charge in [-0.2, -0.15) is 13.2 Å². The molecule has 0 N–H and O–H groups in total. The van der Waals surface area contributed by atoms with Crippen LogP contribution in [0.25, 0.3) is 21.9 Å². The Balaban J connectivity index is 2.48. The van der Waals surface area contributed by atoms with Crippen molar-refractivity contribution in [3.05, 3.63) is 66.0 Å². The molecule has 0 fully saturated rings. The molecule has 3 nitrogen and oxygen atoms in total. The summed E-state index contributed by atoms with van der Waals surface area (Å²) in [4.78, 5) is 15.7. The van der Waals surface area contributed by atoms with Gasteiger partial charge in [-0.15, -0.1) is 0 Å². The summed E-state index contributed by atoms with van der Waals surface area (Å²) in [5.74, 6) is -0.912. The molecule has 0 amide bonds. The predicted octanol–water partition coefficient (Wildman–Crippen LogP) is 4.71. The summed E-state index contributed by atoms with van der Waals surface area (Å²) in [6.45, 7) is 0. The Bertz CT molecular complexity index is 905. The lowest BCUT2D eigenvalue weighted by Crippen LogP contribution is -2.15. The molecule has 24 heavy (non-hydrogen) atoms. The lowest BCUT2D eigenvalue weighted by Gasteiger charge is -2.16. The van der Waals surface area contributed by atoms with Crippen LogP contribution in [0.4, 0.5) is 13.2 Å². The van der Waals surface area contributed by atoms with E-state index in [9.17, 15) is 18.0 Å². The number of hydrogen-bond acceptors (Lipinski definition) is 3. The highest BCUT2D eigenvalue weighted by molar-refractivity contribution is 6.07. The van der Waals surface area contributed by atoms with Crippen molar-refractivity contribution in [2.75, 3.05) is 7.11 Å². The lowest BCUT2D eigenvalue weighted by molar-refractivity contribution is -0.139. The van der Waals surface area contributed by atoms with Crippen molar-refractivity contribution in [2.24, 2.45) is 0 Å². The lowest BCUT2D eigenvalue weighted by atomic mass is 9.95. The van der Waals surface area contributed by atoms with E-state index < -0.39 is 17.8 Å². The van der Waals surface area contributed by atoms with Crippen molar-refractivity contribution in [1.29, 1.82) is 0 Å². The van der Waals surface area contributed by atoms with E-state index in [1.54, 1.807) is 42.5 Å². The van der Waals surface area contributed by atoms with Gasteiger partial charge in [0.1, 0.15) is 0 Å². The molecule has 0 saturated carbocycles. The number of methoxy groups -OCH3 is 1. The van der Waals surface area contributed by atoms with E-state index >= 15 is 0 Å². The molecule has 3 aromatic rings. The summed E-state index contributed by atoms with van der Waals surface area (Å²) in [7, 11) is 1.11. The number of halogens is 3. The van der Waals surface area contributed by atoms with Crippen LogP contribution in [0, 0.1) is 0 Å². The van der Waals surface area contributed by atoms with Gasteiger partial charge < -0.3 is 4.74 Å². The van der Waals surface area contributed by atoms with Gasteiger partial charge in [-0.3, -0.25) is 0 Å². The molecule has 2 aromatic carbocycles. The first kappa shape index (κ1) is 16.0. The van der Waals surface area contributed by atoms with Crippen LogP contribution in [0.5, 0.6) is 0 Å². The number of rotatable bonds is 2. The van der Waals surface area contributed by atoms with Gasteiger partial charge in [-0.05, 0) is 10.9 Å². The second-order valence-electron chi connectivity index (χ2n) is 5.08. The monoisotopic (exact) mass is 331 g/mol. The molecule has 0 aliphatic rings. The van der Waals surface area contributed by atoms with Crippen molar-refractivity contribution in [1.82, 2.24) is 4.98 Å². The number of aromatic nitrogens is 1. The second kappa shape index (κ2) is 5.96. The number of pyridine rings is 1. The Morgan fingerprint density at radius 2 is 1.54 bits per heavy atom. The maximum Gasteiger partial charge on any atom is 0.433 e. The second-order valence-corrected chi connectivity index (χ2v) is 5.08. The minimum atomic E-state index is -4.68. The quantitative estimate of drug-likeness (QED) is 0.639. The Kier molecular flexibility index (Phi) is 3.97.